The summed E-state index contributed by atoms with van der Waals surface area (Å²) in [5.74, 6) is -0.464. The number of nitrogens with zero attached hydrogens (tertiary/aromatic N) is 1. The molecule has 1 aliphatic heterocycles. The number of H-pyrrole nitrogens is 1. The van der Waals surface area contributed by atoms with Crippen molar-refractivity contribution in [3.05, 3.63) is 57.8 Å². The number of nitriles is 1. The van der Waals surface area contributed by atoms with Gasteiger partial charge in [0.05, 0.1) is 12.7 Å². The van der Waals surface area contributed by atoms with E-state index in [0.717, 1.165) is 0 Å². The first-order valence-corrected chi connectivity index (χ1v) is 8.58. The summed E-state index contributed by atoms with van der Waals surface area (Å²) in [7, 11) is 0. The standard InChI is InChI=1S/C19H19FN2O6/c20-10-3-1-9(2-4-10)12-5-11(22-19(27)13(12)7-21)6-14-16(24)18(26)17(25)15(8-23)28-14/h1-5,14-18,23-26H,6,8H2,(H,22,27)/t14?,15?,16?,17-,18?/m1/s1. The third-order valence-corrected chi connectivity index (χ3v) is 4.77. The molecular weight excluding hydrogens is 371 g/mol. The highest BCUT2D eigenvalue weighted by Gasteiger charge is 2.43. The van der Waals surface area contributed by atoms with Crippen LogP contribution in [-0.4, -0.2) is 62.5 Å². The number of halogens is 1. The molecule has 2 aromatic rings. The summed E-state index contributed by atoms with van der Waals surface area (Å²) in [6.07, 6.45) is -6.60. The number of benzene rings is 1. The van der Waals surface area contributed by atoms with Crippen LogP contribution in [0.15, 0.2) is 35.1 Å². The molecule has 148 valence electrons. The maximum atomic E-state index is 13.2. The van der Waals surface area contributed by atoms with Crippen molar-refractivity contribution in [1.29, 1.82) is 5.26 Å². The first-order chi connectivity index (χ1) is 13.3. The van der Waals surface area contributed by atoms with Crippen LogP contribution in [0.3, 0.4) is 0 Å². The highest BCUT2D eigenvalue weighted by atomic mass is 19.1. The summed E-state index contributed by atoms with van der Waals surface area (Å²) in [6.45, 7) is -0.563. The second kappa shape index (κ2) is 8.18. The minimum absolute atomic E-state index is 0.0589. The summed E-state index contributed by atoms with van der Waals surface area (Å²) in [4.78, 5) is 14.8. The molecule has 1 aliphatic rings. The maximum Gasteiger partial charge on any atom is 0.266 e. The lowest BCUT2D eigenvalue weighted by molar-refractivity contribution is -0.228. The number of nitrogens with one attached hydrogen (secondary N) is 1. The second-order valence-electron chi connectivity index (χ2n) is 6.60. The highest BCUT2D eigenvalue weighted by Crippen LogP contribution is 2.26. The van der Waals surface area contributed by atoms with Gasteiger partial charge in [0, 0.05) is 17.7 Å². The lowest BCUT2D eigenvalue weighted by Gasteiger charge is -2.40. The Morgan fingerprint density at radius 1 is 1.11 bits per heavy atom. The van der Waals surface area contributed by atoms with Crippen LogP contribution in [0.5, 0.6) is 0 Å². The molecule has 0 saturated carbocycles. The molecule has 28 heavy (non-hydrogen) atoms. The van der Waals surface area contributed by atoms with Crippen molar-refractivity contribution >= 4 is 0 Å². The Kier molecular flexibility index (Phi) is 5.88. The topological polar surface area (TPSA) is 147 Å². The Balaban J connectivity index is 1.96. The minimum atomic E-state index is -1.53. The molecule has 1 saturated heterocycles. The van der Waals surface area contributed by atoms with Crippen molar-refractivity contribution in [2.45, 2.75) is 36.9 Å². The molecule has 0 aliphatic carbocycles. The van der Waals surface area contributed by atoms with Gasteiger partial charge in [-0.15, -0.1) is 0 Å². The molecule has 4 unspecified atom stereocenters. The fourth-order valence-electron chi connectivity index (χ4n) is 3.26. The molecule has 0 spiro atoms. The zero-order valence-corrected chi connectivity index (χ0v) is 14.6. The van der Waals surface area contributed by atoms with E-state index in [1.54, 1.807) is 0 Å². The molecule has 0 radical (unpaired) electrons. The number of aromatic nitrogens is 1. The molecule has 0 bridgehead atoms. The van der Waals surface area contributed by atoms with E-state index in [0.29, 0.717) is 11.3 Å². The van der Waals surface area contributed by atoms with Gasteiger partial charge in [-0.05, 0) is 23.8 Å². The number of pyridine rings is 1. The fourth-order valence-corrected chi connectivity index (χ4v) is 3.26. The van der Waals surface area contributed by atoms with E-state index in [9.17, 15) is 34.9 Å². The van der Waals surface area contributed by atoms with Crippen LogP contribution in [-0.2, 0) is 11.2 Å². The van der Waals surface area contributed by atoms with Crippen molar-refractivity contribution in [3.63, 3.8) is 0 Å². The Morgan fingerprint density at radius 2 is 1.75 bits per heavy atom. The van der Waals surface area contributed by atoms with Crippen LogP contribution in [0.25, 0.3) is 11.1 Å². The average Bonchev–Trinajstić information content (AvgIpc) is 2.68. The molecule has 1 fully saturated rings. The molecule has 5 atom stereocenters. The van der Waals surface area contributed by atoms with Gasteiger partial charge >= 0.3 is 0 Å². The number of aliphatic hydroxyl groups is 4. The van der Waals surface area contributed by atoms with Gasteiger partial charge in [-0.2, -0.15) is 5.26 Å². The van der Waals surface area contributed by atoms with Crippen molar-refractivity contribution in [1.82, 2.24) is 4.98 Å². The van der Waals surface area contributed by atoms with Crippen LogP contribution < -0.4 is 5.56 Å². The number of aromatic amines is 1. The smallest absolute Gasteiger partial charge is 0.266 e. The molecular formula is C19H19FN2O6. The first-order valence-electron chi connectivity index (χ1n) is 8.58. The van der Waals surface area contributed by atoms with Gasteiger partial charge in [0.2, 0.25) is 0 Å². The molecule has 2 heterocycles. The molecule has 0 amide bonds. The zero-order chi connectivity index (χ0) is 20.4. The predicted octanol–water partition coefficient (Wildman–Crippen LogP) is -0.562. The Bertz CT molecular complexity index is 937. The highest BCUT2D eigenvalue weighted by molar-refractivity contribution is 5.70. The van der Waals surface area contributed by atoms with E-state index >= 15 is 0 Å². The van der Waals surface area contributed by atoms with Gasteiger partial charge in [0.15, 0.2) is 0 Å². The molecule has 5 N–H and O–H groups in total. The van der Waals surface area contributed by atoms with Gasteiger partial charge in [-0.1, -0.05) is 12.1 Å². The monoisotopic (exact) mass is 390 g/mol. The normalized spacial score (nSPS) is 27.4. The van der Waals surface area contributed by atoms with Crippen LogP contribution in [0.1, 0.15) is 11.3 Å². The van der Waals surface area contributed by atoms with Crippen LogP contribution in [0.2, 0.25) is 0 Å². The van der Waals surface area contributed by atoms with Crippen molar-refractivity contribution in [2.75, 3.05) is 6.61 Å². The third-order valence-electron chi connectivity index (χ3n) is 4.77. The first kappa shape index (κ1) is 20.1. The van der Waals surface area contributed by atoms with Crippen LogP contribution in [0, 0.1) is 17.1 Å². The van der Waals surface area contributed by atoms with E-state index < -0.39 is 48.5 Å². The van der Waals surface area contributed by atoms with Crippen molar-refractivity contribution in [2.24, 2.45) is 0 Å². The van der Waals surface area contributed by atoms with E-state index in [4.69, 9.17) is 4.74 Å². The number of hydrogen-bond donors (Lipinski definition) is 5. The number of ether oxygens (including phenoxy) is 1. The second-order valence-corrected chi connectivity index (χ2v) is 6.60. The molecule has 1 aromatic heterocycles. The van der Waals surface area contributed by atoms with Crippen molar-refractivity contribution in [3.8, 4) is 17.2 Å². The molecule has 8 nitrogen and oxygen atoms in total. The molecule has 9 heteroatoms. The average molecular weight is 390 g/mol. The predicted molar refractivity (Wildman–Crippen MR) is 94.6 cm³/mol. The number of rotatable bonds is 4. The summed E-state index contributed by atoms with van der Waals surface area (Å²) in [5.41, 5.74) is 0.227. The fraction of sp³-hybridized carbons (Fsp3) is 0.368. The van der Waals surface area contributed by atoms with Crippen molar-refractivity contribution < 1.29 is 29.6 Å². The number of aliphatic hydroxyl groups excluding tert-OH is 4. The number of hydrogen-bond acceptors (Lipinski definition) is 7. The van der Waals surface area contributed by atoms with E-state index in [1.165, 1.54) is 30.3 Å². The minimum Gasteiger partial charge on any atom is -0.394 e. The molecule has 1 aromatic carbocycles. The Hall–Kier alpha value is -2.61. The Morgan fingerprint density at radius 3 is 2.36 bits per heavy atom. The van der Waals surface area contributed by atoms with Gasteiger partial charge in [-0.3, -0.25) is 4.79 Å². The largest absolute Gasteiger partial charge is 0.394 e. The van der Waals surface area contributed by atoms with Crippen LogP contribution in [0.4, 0.5) is 4.39 Å². The van der Waals surface area contributed by atoms with E-state index in [2.05, 4.69) is 4.98 Å². The lowest BCUT2D eigenvalue weighted by atomic mass is 9.92. The summed E-state index contributed by atoms with van der Waals surface area (Å²) < 4.78 is 18.6. The van der Waals surface area contributed by atoms with Gasteiger partial charge in [0.25, 0.3) is 5.56 Å². The lowest BCUT2D eigenvalue weighted by Crippen LogP contribution is -2.59. The Labute approximate surface area is 159 Å². The van der Waals surface area contributed by atoms with Gasteiger partial charge in [-0.25, -0.2) is 4.39 Å². The third kappa shape index (κ3) is 3.82. The molecule has 3 rings (SSSR count). The quantitative estimate of drug-likeness (QED) is 0.470. The van der Waals surface area contributed by atoms with E-state index in [1.807, 2.05) is 6.07 Å². The SMILES string of the molecule is N#Cc1c(-c2ccc(F)cc2)cc(CC2OC(CO)[C@@H](O)C(O)C2O)[nH]c1=O. The van der Waals surface area contributed by atoms with Gasteiger partial charge in [0.1, 0.15) is 41.9 Å². The van der Waals surface area contributed by atoms with Crippen LogP contribution >= 0.6 is 0 Å². The summed E-state index contributed by atoms with van der Waals surface area (Å²) >= 11 is 0. The van der Waals surface area contributed by atoms with Gasteiger partial charge < -0.3 is 30.1 Å². The maximum absolute atomic E-state index is 13.2. The summed E-state index contributed by atoms with van der Waals surface area (Å²) in [6, 6.07) is 8.60. The van der Waals surface area contributed by atoms with E-state index in [-0.39, 0.29) is 17.5 Å². The zero-order valence-electron chi connectivity index (χ0n) is 14.6. The summed E-state index contributed by atoms with van der Waals surface area (Å²) in [5, 5.41) is 48.5.